The average Bonchev–Trinajstić information content (AvgIpc) is 2.91. The van der Waals surface area contributed by atoms with Gasteiger partial charge in [-0.05, 0) is 30.5 Å². The van der Waals surface area contributed by atoms with E-state index in [1.165, 1.54) is 24.3 Å². The minimum absolute atomic E-state index is 0.246. The fraction of sp³-hybridized carbons (Fsp3) is 0.462. The monoisotopic (exact) mass is 252 g/mol. The Kier molecular flexibility index (Phi) is 3.93. The molecule has 4 nitrogen and oxygen atoms in total. The smallest absolute Gasteiger partial charge is 0.242 e. The largest absolute Gasteiger partial charge is 0.386 e. The van der Waals surface area contributed by atoms with Crippen molar-refractivity contribution >= 4 is 5.91 Å². The maximum absolute atomic E-state index is 12.8. The summed E-state index contributed by atoms with van der Waals surface area (Å²) in [6.07, 6.45) is 0.856. The van der Waals surface area contributed by atoms with Gasteiger partial charge in [0.1, 0.15) is 18.0 Å². The third kappa shape index (κ3) is 2.68. The zero-order valence-electron chi connectivity index (χ0n) is 10.1. The normalized spacial score (nSPS) is 18.7. The maximum atomic E-state index is 12.8. The molecule has 1 heterocycles. The summed E-state index contributed by atoms with van der Waals surface area (Å²) in [5.41, 5.74) is 6.23. The summed E-state index contributed by atoms with van der Waals surface area (Å²) in [6, 6.07) is 4.37. The minimum Gasteiger partial charge on any atom is -0.386 e. The van der Waals surface area contributed by atoms with Gasteiger partial charge in [0.2, 0.25) is 5.91 Å². The molecule has 1 aliphatic rings. The van der Waals surface area contributed by atoms with E-state index in [1.807, 2.05) is 0 Å². The number of halogens is 1. The van der Waals surface area contributed by atoms with Gasteiger partial charge in [0.05, 0.1) is 0 Å². The van der Waals surface area contributed by atoms with Gasteiger partial charge in [0, 0.05) is 13.1 Å². The molecule has 18 heavy (non-hydrogen) atoms. The molecule has 0 bridgehead atoms. The number of rotatable bonds is 3. The molecule has 98 valence electrons. The first-order chi connectivity index (χ1) is 8.59. The van der Waals surface area contributed by atoms with Crippen LogP contribution in [0.2, 0.25) is 0 Å². The molecule has 2 atom stereocenters. The summed E-state index contributed by atoms with van der Waals surface area (Å²) in [5, 5.41) is 10.0. The van der Waals surface area contributed by atoms with Crippen molar-refractivity contribution in [2.24, 2.45) is 5.73 Å². The summed E-state index contributed by atoms with van der Waals surface area (Å²) in [5.74, 6) is -0.630. The van der Waals surface area contributed by atoms with E-state index >= 15 is 0 Å². The molecule has 0 aliphatic carbocycles. The second-order valence-corrected chi connectivity index (χ2v) is 4.55. The van der Waals surface area contributed by atoms with Gasteiger partial charge < -0.3 is 15.7 Å². The molecule has 1 aliphatic heterocycles. The SMILES string of the molecule is N[C@@H](C(=O)N1CCCC1)[C@H](O)c1ccc(F)cc1. The third-order valence-corrected chi connectivity index (χ3v) is 3.25. The van der Waals surface area contributed by atoms with E-state index in [-0.39, 0.29) is 11.7 Å². The van der Waals surface area contributed by atoms with E-state index in [0.717, 1.165) is 12.8 Å². The number of nitrogens with zero attached hydrogens (tertiary/aromatic N) is 1. The van der Waals surface area contributed by atoms with E-state index in [4.69, 9.17) is 5.73 Å². The summed E-state index contributed by atoms with van der Waals surface area (Å²) < 4.78 is 12.8. The maximum Gasteiger partial charge on any atom is 0.242 e. The molecule has 0 radical (unpaired) electrons. The highest BCUT2D eigenvalue weighted by Gasteiger charge is 2.29. The number of carbonyl (C=O) groups is 1. The molecule has 0 aromatic heterocycles. The van der Waals surface area contributed by atoms with Gasteiger partial charge >= 0.3 is 0 Å². The summed E-state index contributed by atoms with van der Waals surface area (Å²) in [7, 11) is 0. The molecule has 2 rings (SSSR count). The minimum atomic E-state index is -1.10. The highest BCUT2D eigenvalue weighted by atomic mass is 19.1. The number of nitrogens with two attached hydrogens (primary N) is 1. The number of aliphatic hydroxyl groups excluding tert-OH is 1. The quantitative estimate of drug-likeness (QED) is 0.836. The number of benzene rings is 1. The van der Waals surface area contributed by atoms with Crippen molar-refractivity contribution in [1.29, 1.82) is 0 Å². The Morgan fingerprint density at radius 3 is 2.39 bits per heavy atom. The molecular formula is C13H17FN2O2. The van der Waals surface area contributed by atoms with Crippen molar-refractivity contribution in [3.8, 4) is 0 Å². The van der Waals surface area contributed by atoms with Crippen LogP contribution in [0, 0.1) is 5.82 Å². The zero-order chi connectivity index (χ0) is 13.1. The van der Waals surface area contributed by atoms with Crippen LogP contribution < -0.4 is 5.73 Å². The second-order valence-electron chi connectivity index (χ2n) is 4.55. The number of aliphatic hydroxyl groups is 1. The number of hydrogen-bond donors (Lipinski definition) is 2. The Hall–Kier alpha value is -1.46. The predicted molar refractivity (Wildman–Crippen MR) is 65.1 cm³/mol. The first-order valence-electron chi connectivity index (χ1n) is 6.07. The Labute approximate surface area is 105 Å². The van der Waals surface area contributed by atoms with Gasteiger partial charge in [0.15, 0.2) is 0 Å². The Bertz CT molecular complexity index is 416. The number of hydrogen-bond acceptors (Lipinski definition) is 3. The van der Waals surface area contributed by atoms with Gasteiger partial charge in [-0.25, -0.2) is 4.39 Å². The van der Waals surface area contributed by atoms with E-state index in [2.05, 4.69) is 0 Å². The first-order valence-corrected chi connectivity index (χ1v) is 6.07. The molecule has 0 spiro atoms. The van der Waals surface area contributed by atoms with Gasteiger partial charge in [-0.1, -0.05) is 12.1 Å². The fourth-order valence-corrected chi connectivity index (χ4v) is 2.15. The van der Waals surface area contributed by atoms with Crippen LogP contribution in [0.4, 0.5) is 4.39 Å². The third-order valence-electron chi connectivity index (χ3n) is 3.25. The highest BCUT2D eigenvalue weighted by molar-refractivity contribution is 5.82. The van der Waals surface area contributed by atoms with Gasteiger partial charge in [0.25, 0.3) is 0 Å². The molecule has 0 unspecified atom stereocenters. The van der Waals surface area contributed by atoms with Crippen molar-refractivity contribution < 1.29 is 14.3 Å². The summed E-state index contributed by atoms with van der Waals surface area (Å²) in [4.78, 5) is 13.7. The van der Waals surface area contributed by atoms with Crippen molar-refractivity contribution in [3.05, 3.63) is 35.6 Å². The van der Waals surface area contributed by atoms with Crippen LogP contribution in [0.3, 0.4) is 0 Å². The molecule has 1 amide bonds. The van der Waals surface area contributed by atoms with Gasteiger partial charge in [-0.15, -0.1) is 0 Å². The Balaban J connectivity index is 2.05. The molecule has 1 aromatic carbocycles. The molecule has 3 N–H and O–H groups in total. The number of amides is 1. The van der Waals surface area contributed by atoms with Crippen LogP contribution in [-0.4, -0.2) is 35.0 Å². The van der Waals surface area contributed by atoms with E-state index < -0.39 is 12.1 Å². The van der Waals surface area contributed by atoms with E-state index in [0.29, 0.717) is 18.7 Å². The summed E-state index contributed by atoms with van der Waals surface area (Å²) >= 11 is 0. The lowest BCUT2D eigenvalue weighted by Gasteiger charge is -2.24. The fourth-order valence-electron chi connectivity index (χ4n) is 2.15. The van der Waals surface area contributed by atoms with E-state index in [1.54, 1.807) is 4.90 Å². The Morgan fingerprint density at radius 2 is 1.83 bits per heavy atom. The average molecular weight is 252 g/mol. The van der Waals surface area contributed by atoms with Crippen molar-refractivity contribution in [1.82, 2.24) is 4.90 Å². The van der Waals surface area contributed by atoms with Crippen LogP contribution in [0.15, 0.2) is 24.3 Å². The molecule has 1 fully saturated rings. The van der Waals surface area contributed by atoms with Gasteiger partial charge in [-0.3, -0.25) is 4.79 Å². The first kappa shape index (κ1) is 13.0. The van der Waals surface area contributed by atoms with Crippen molar-refractivity contribution in [2.75, 3.05) is 13.1 Å². The second kappa shape index (κ2) is 5.46. The lowest BCUT2D eigenvalue weighted by atomic mass is 10.0. The van der Waals surface area contributed by atoms with Crippen LogP contribution >= 0.6 is 0 Å². The highest BCUT2D eigenvalue weighted by Crippen LogP contribution is 2.19. The topological polar surface area (TPSA) is 66.6 Å². The molecule has 1 aromatic rings. The van der Waals surface area contributed by atoms with Crippen molar-refractivity contribution in [2.45, 2.75) is 25.0 Å². The Morgan fingerprint density at radius 1 is 1.28 bits per heavy atom. The lowest BCUT2D eigenvalue weighted by molar-refractivity contribution is -0.134. The lowest BCUT2D eigenvalue weighted by Crippen LogP contribution is -2.45. The standard InChI is InChI=1S/C13H17FN2O2/c14-10-5-3-9(4-6-10)12(17)11(15)13(18)16-7-1-2-8-16/h3-6,11-12,17H,1-2,7-8,15H2/t11-,12-/m1/s1. The predicted octanol–water partition coefficient (Wildman–Crippen LogP) is 0.809. The van der Waals surface area contributed by atoms with Crippen molar-refractivity contribution in [3.63, 3.8) is 0 Å². The molecular weight excluding hydrogens is 235 g/mol. The molecule has 1 saturated heterocycles. The van der Waals surface area contributed by atoms with Crippen LogP contribution in [0.1, 0.15) is 24.5 Å². The molecule has 0 saturated carbocycles. The van der Waals surface area contributed by atoms with Crippen LogP contribution in [-0.2, 0) is 4.79 Å². The summed E-state index contributed by atoms with van der Waals surface area (Å²) in [6.45, 7) is 1.39. The number of likely N-dealkylation sites (tertiary alicyclic amines) is 1. The van der Waals surface area contributed by atoms with Gasteiger partial charge in [-0.2, -0.15) is 0 Å². The zero-order valence-corrected chi connectivity index (χ0v) is 10.1. The van der Waals surface area contributed by atoms with E-state index in [9.17, 15) is 14.3 Å². The van der Waals surface area contributed by atoms with Crippen LogP contribution in [0.25, 0.3) is 0 Å². The molecule has 5 heteroatoms. The van der Waals surface area contributed by atoms with Crippen LogP contribution in [0.5, 0.6) is 0 Å². The number of carbonyl (C=O) groups excluding carboxylic acids is 1.